The molecule has 0 heterocycles. The van der Waals surface area contributed by atoms with Gasteiger partial charge in [0, 0.05) is 17.6 Å². The third kappa shape index (κ3) is 5.43. The zero-order valence-corrected chi connectivity index (χ0v) is 18.5. The first kappa shape index (κ1) is 21.9. The Morgan fingerprint density at radius 2 is 1.57 bits per heavy atom. The van der Waals surface area contributed by atoms with Gasteiger partial charge in [0.2, 0.25) is 5.91 Å². The molecule has 7 heteroatoms. The van der Waals surface area contributed by atoms with Crippen molar-refractivity contribution in [1.29, 1.82) is 0 Å². The van der Waals surface area contributed by atoms with Crippen LogP contribution < -0.4 is 9.62 Å². The minimum absolute atomic E-state index is 0.107. The summed E-state index contributed by atoms with van der Waals surface area (Å²) in [6.07, 6.45) is 0.955. The molecule has 3 rings (SSSR count). The standard InChI is InChI=1S/C23H24N2O3S2/c1-3-18-9-11-19(12-10-18)24-23(26)17-29-21-13-15-22(16-14-21)30(27,28)25(2)20-7-5-4-6-8-20/h4-16H,3,17H2,1-2H3,(H,24,26). The number of benzene rings is 3. The van der Waals surface area contributed by atoms with Crippen molar-refractivity contribution in [2.75, 3.05) is 22.4 Å². The second-order valence-corrected chi connectivity index (χ2v) is 9.68. The van der Waals surface area contributed by atoms with Crippen molar-refractivity contribution in [3.8, 4) is 0 Å². The number of anilines is 2. The highest BCUT2D eigenvalue weighted by Gasteiger charge is 2.21. The molecule has 0 bridgehead atoms. The number of sulfonamides is 1. The van der Waals surface area contributed by atoms with Gasteiger partial charge in [-0.25, -0.2) is 8.42 Å². The molecule has 0 aliphatic rings. The number of rotatable bonds is 8. The Morgan fingerprint density at radius 3 is 2.17 bits per heavy atom. The Hall–Kier alpha value is -2.77. The molecule has 0 aromatic heterocycles. The summed E-state index contributed by atoms with van der Waals surface area (Å²) in [5.74, 6) is 0.135. The molecule has 0 saturated heterocycles. The molecule has 3 aromatic rings. The van der Waals surface area contributed by atoms with E-state index in [9.17, 15) is 13.2 Å². The van der Waals surface area contributed by atoms with E-state index in [1.165, 1.54) is 28.7 Å². The third-order valence-corrected chi connectivity index (χ3v) is 7.43. The quantitative estimate of drug-likeness (QED) is 0.511. The van der Waals surface area contributed by atoms with E-state index in [4.69, 9.17) is 0 Å². The molecule has 0 fully saturated rings. The van der Waals surface area contributed by atoms with Crippen LogP contribution >= 0.6 is 11.8 Å². The van der Waals surface area contributed by atoms with Crippen LogP contribution in [0, 0.1) is 0 Å². The predicted molar refractivity (Wildman–Crippen MR) is 124 cm³/mol. The molecule has 5 nitrogen and oxygen atoms in total. The van der Waals surface area contributed by atoms with Gasteiger partial charge in [-0.3, -0.25) is 9.10 Å². The van der Waals surface area contributed by atoms with Crippen LogP contribution in [-0.2, 0) is 21.2 Å². The number of hydrogen-bond donors (Lipinski definition) is 1. The average Bonchev–Trinajstić information content (AvgIpc) is 2.78. The van der Waals surface area contributed by atoms with Gasteiger partial charge in [-0.15, -0.1) is 11.8 Å². The molecule has 3 aromatic carbocycles. The molecule has 0 spiro atoms. The van der Waals surface area contributed by atoms with E-state index in [-0.39, 0.29) is 16.6 Å². The highest BCUT2D eigenvalue weighted by Crippen LogP contribution is 2.25. The van der Waals surface area contributed by atoms with Gasteiger partial charge in [0.05, 0.1) is 16.3 Å². The number of amides is 1. The van der Waals surface area contributed by atoms with Gasteiger partial charge >= 0.3 is 0 Å². The first-order valence-electron chi connectivity index (χ1n) is 9.56. The lowest BCUT2D eigenvalue weighted by molar-refractivity contribution is -0.113. The zero-order valence-electron chi connectivity index (χ0n) is 16.9. The number of para-hydroxylation sites is 1. The van der Waals surface area contributed by atoms with Crippen LogP contribution in [-0.4, -0.2) is 27.1 Å². The number of nitrogens with one attached hydrogen (secondary N) is 1. The van der Waals surface area contributed by atoms with Crippen molar-refractivity contribution in [3.63, 3.8) is 0 Å². The van der Waals surface area contributed by atoms with E-state index >= 15 is 0 Å². The summed E-state index contributed by atoms with van der Waals surface area (Å²) in [5, 5.41) is 2.87. The van der Waals surface area contributed by atoms with Crippen LogP contribution in [0.5, 0.6) is 0 Å². The Kier molecular flexibility index (Phi) is 7.18. The summed E-state index contributed by atoms with van der Waals surface area (Å²) < 4.78 is 26.9. The lowest BCUT2D eigenvalue weighted by Crippen LogP contribution is -2.26. The average molecular weight is 441 g/mol. The third-order valence-electron chi connectivity index (χ3n) is 4.62. The second-order valence-electron chi connectivity index (χ2n) is 6.67. The summed E-state index contributed by atoms with van der Waals surface area (Å²) >= 11 is 1.36. The van der Waals surface area contributed by atoms with Crippen LogP contribution in [0.4, 0.5) is 11.4 Å². The van der Waals surface area contributed by atoms with Crippen LogP contribution in [0.2, 0.25) is 0 Å². The molecule has 0 atom stereocenters. The van der Waals surface area contributed by atoms with Gasteiger partial charge in [0.15, 0.2) is 0 Å². The van der Waals surface area contributed by atoms with Crippen molar-refractivity contribution in [2.24, 2.45) is 0 Å². The fourth-order valence-electron chi connectivity index (χ4n) is 2.81. The minimum Gasteiger partial charge on any atom is -0.325 e. The number of carbonyl (C=O) groups excluding carboxylic acids is 1. The lowest BCUT2D eigenvalue weighted by atomic mass is 10.1. The zero-order chi connectivity index (χ0) is 21.6. The largest absolute Gasteiger partial charge is 0.325 e. The van der Waals surface area contributed by atoms with Crippen LogP contribution in [0.15, 0.2) is 88.7 Å². The number of thioether (sulfide) groups is 1. The van der Waals surface area contributed by atoms with Crippen molar-refractivity contribution in [3.05, 3.63) is 84.4 Å². The van der Waals surface area contributed by atoms with Crippen LogP contribution in [0.3, 0.4) is 0 Å². The smallest absolute Gasteiger partial charge is 0.264 e. The van der Waals surface area contributed by atoms with Crippen molar-refractivity contribution >= 4 is 39.1 Å². The summed E-state index contributed by atoms with van der Waals surface area (Å²) in [6.45, 7) is 2.08. The molecular weight excluding hydrogens is 416 g/mol. The second kappa shape index (κ2) is 9.82. The highest BCUT2D eigenvalue weighted by molar-refractivity contribution is 8.00. The Labute approximate surface area is 182 Å². The Bertz CT molecular complexity index is 1080. The molecular formula is C23H24N2O3S2. The number of hydrogen-bond acceptors (Lipinski definition) is 4. The number of carbonyl (C=O) groups is 1. The van der Waals surface area contributed by atoms with E-state index in [1.807, 2.05) is 30.3 Å². The summed E-state index contributed by atoms with van der Waals surface area (Å²) in [5.41, 5.74) is 2.58. The van der Waals surface area contributed by atoms with Crippen molar-refractivity contribution in [2.45, 2.75) is 23.1 Å². The van der Waals surface area contributed by atoms with Gasteiger partial charge in [-0.05, 0) is 60.5 Å². The Morgan fingerprint density at radius 1 is 0.933 bits per heavy atom. The van der Waals surface area contributed by atoms with Crippen LogP contribution in [0.1, 0.15) is 12.5 Å². The molecule has 0 aliphatic carbocycles. The molecule has 0 saturated carbocycles. The van der Waals surface area contributed by atoms with E-state index in [2.05, 4.69) is 12.2 Å². The number of nitrogens with zero attached hydrogens (tertiary/aromatic N) is 1. The maximum absolute atomic E-state index is 12.8. The van der Waals surface area contributed by atoms with Crippen molar-refractivity contribution in [1.82, 2.24) is 0 Å². The molecule has 1 N–H and O–H groups in total. The van der Waals surface area contributed by atoms with Crippen molar-refractivity contribution < 1.29 is 13.2 Å². The summed E-state index contributed by atoms with van der Waals surface area (Å²) in [6, 6.07) is 23.3. The van der Waals surface area contributed by atoms with Gasteiger partial charge in [-0.1, -0.05) is 37.3 Å². The van der Waals surface area contributed by atoms with Gasteiger partial charge in [-0.2, -0.15) is 0 Å². The highest BCUT2D eigenvalue weighted by atomic mass is 32.2. The molecule has 156 valence electrons. The van der Waals surface area contributed by atoms with Crippen LogP contribution in [0.25, 0.3) is 0 Å². The maximum atomic E-state index is 12.8. The normalized spacial score (nSPS) is 11.1. The number of aryl methyl sites for hydroxylation is 1. The fraction of sp³-hybridized carbons (Fsp3) is 0.174. The summed E-state index contributed by atoms with van der Waals surface area (Å²) in [7, 11) is -2.11. The van der Waals surface area contributed by atoms with E-state index in [0.717, 1.165) is 17.0 Å². The monoisotopic (exact) mass is 440 g/mol. The molecule has 1 amide bonds. The Balaban J connectivity index is 1.59. The molecule has 0 aliphatic heterocycles. The molecule has 0 unspecified atom stereocenters. The first-order chi connectivity index (χ1) is 14.4. The summed E-state index contributed by atoms with van der Waals surface area (Å²) in [4.78, 5) is 13.2. The lowest BCUT2D eigenvalue weighted by Gasteiger charge is -2.19. The molecule has 30 heavy (non-hydrogen) atoms. The van der Waals surface area contributed by atoms with E-state index in [1.54, 1.807) is 48.5 Å². The predicted octanol–water partition coefficient (Wildman–Crippen LogP) is 4.80. The topological polar surface area (TPSA) is 66.5 Å². The SMILES string of the molecule is CCc1ccc(NC(=O)CSc2ccc(S(=O)(=O)N(C)c3ccccc3)cc2)cc1. The van der Waals surface area contributed by atoms with E-state index < -0.39 is 10.0 Å². The maximum Gasteiger partial charge on any atom is 0.264 e. The van der Waals surface area contributed by atoms with Gasteiger partial charge in [0.25, 0.3) is 10.0 Å². The minimum atomic E-state index is -3.64. The van der Waals surface area contributed by atoms with Gasteiger partial charge in [0.1, 0.15) is 0 Å². The van der Waals surface area contributed by atoms with Gasteiger partial charge < -0.3 is 5.32 Å². The first-order valence-corrected chi connectivity index (χ1v) is 12.0. The molecule has 0 radical (unpaired) electrons. The van der Waals surface area contributed by atoms with E-state index in [0.29, 0.717) is 5.69 Å². The fourth-order valence-corrected chi connectivity index (χ4v) is 4.71.